The Labute approximate surface area is 158 Å². The summed E-state index contributed by atoms with van der Waals surface area (Å²) in [7, 11) is 1.64. The first-order chi connectivity index (χ1) is 11.7. The maximum Gasteiger partial charge on any atom is 0.496 e. The number of benzene rings is 1. The van der Waals surface area contributed by atoms with Crippen molar-refractivity contribution in [3.63, 3.8) is 0 Å². The zero-order valence-electron chi connectivity index (χ0n) is 15.4. The van der Waals surface area contributed by atoms with Crippen molar-refractivity contribution in [2.75, 3.05) is 11.9 Å². The Hall–Kier alpha value is -1.37. The van der Waals surface area contributed by atoms with Crippen LogP contribution in [-0.2, 0) is 15.9 Å². The number of hydrogen-bond donors (Lipinski definition) is 0. The Kier molecular flexibility index (Phi) is 4.97. The molecule has 1 aliphatic heterocycles. The predicted octanol–water partition coefficient (Wildman–Crippen LogP) is 3.78. The highest BCUT2D eigenvalue weighted by molar-refractivity contribution is 9.10. The highest BCUT2D eigenvalue weighted by atomic mass is 79.9. The van der Waals surface area contributed by atoms with Gasteiger partial charge in [-0.2, -0.15) is 0 Å². The summed E-state index contributed by atoms with van der Waals surface area (Å²) in [4.78, 5) is 6.75. The van der Waals surface area contributed by atoms with Gasteiger partial charge in [0, 0.05) is 25.3 Å². The molecule has 0 N–H and O–H groups in total. The molecule has 3 rings (SSSR count). The molecule has 1 aromatic carbocycles. The monoisotopic (exact) mass is 402 g/mol. The van der Waals surface area contributed by atoms with E-state index < -0.39 is 7.12 Å². The number of halogens is 1. The van der Waals surface area contributed by atoms with Gasteiger partial charge in [0.15, 0.2) is 0 Å². The van der Waals surface area contributed by atoms with Crippen LogP contribution in [0.1, 0.15) is 33.3 Å². The molecule has 2 heterocycles. The number of rotatable bonds is 4. The topological polar surface area (TPSA) is 34.6 Å². The lowest BCUT2D eigenvalue weighted by Crippen LogP contribution is -2.41. The minimum absolute atomic E-state index is 0.354. The fourth-order valence-electron chi connectivity index (χ4n) is 2.77. The summed E-state index contributed by atoms with van der Waals surface area (Å²) < 4.78 is 13.1. The van der Waals surface area contributed by atoms with E-state index in [4.69, 9.17) is 9.31 Å². The lowest BCUT2D eigenvalue weighted by molar-refractivity contribution is 0.00578. The van der Waals surface area contributed by atoms with Crippen LogP contribution in [-0.4, -0.2) is 30.4 Å². The Morgan fingerprint density at radius 1 is 1.08 bits per heavy atom. The summed E-state index contributed by atoms with van der Waals surface area (Å²) in [6, 6.07) is 12.4. The predicted molar refractivity (Wildman–Crippen MR) is 106 cm³/mol. The van der Waals surface area contributed by atoms with E-state index in [9.17, 15) is 0 Å². The van der Waals surface area contributed by atoms with Gasteiger partial charge in [-0.05, 0) is 55.3 Å². The van der Waals surface area contributed by atoms with Crippen LogP contribution < -0.4 is 10.4 Å². The van der Waals surface area contributed by atoms with Crippen LogP contribution in [0.3, 0.4) is 0 Å². The van der Waals surface area contributed by atoms with Gasteiger partial charge in [0.1, 0.15) is 5.82 Å². The molecule has 0 bridgehead atoms. The molecule has 1 fully saturated rings. The van der Waals surface area contributed by atoms with Crippen LogP contribution in [0.15, 0.2) is 47.1 Å². The van der Waals surface area contributed by atoms with E-state index in [1.807, 2.05) is 37.5 Å². The smallest absolute Gasteiger partial charge is 0.399 e. The molecule has 1 saturated heterocycles. The first-order valence-corrected chi connectivity index (χ1v) is 9.25. The van der Waals surface area contributed by atoms with Crippen molar-refractivity contribution in [1.29, 1.82) is 0 Å². The average Bonchev–Trinajstić information content (AvgIpc) is 2.76. The van der Waals surface area contributed by atoms with Crippen LogP contribution in [0.4, 0.5) is 5.82 Å². The van der Waals surface area contributed by atoms with Gasteiger partial charge in [-0.25, -0.2) is 4.98 Å². The Bertz CT molecular complexity index is 736. The van der Waals surface area contributed by atoms with Gasteiger partial charge in [-0.15, -0.1) is 0 Å². The van der Waals surface area contributed by atoms with E-state index in [1.54, 1.807) is 0 Å². The van der Waals surface area contributed by atoms with Crippen LogP contribution in [0.5, 0.6) is 0 Å². The van der Waals surface area contributed by atoms with Crippen LogP contribution in [0.2, 0.25) is 0 Å². The van der Waals surface area contributed by atoms with Gasteiger partial charge in [-0.1, -0.05) is 30.3 Å². The summed E-state index contributed by atoms with van der Waals surface area (Å²) in [5.74, 6) is 0.893. The van der Waals surface area contributed by atoms with Gasteiger partial charge < -0.3 is 14.2 Å². The van der Waals surface area contributed by atoms with Crippen molar-refractivity contribution in [3.8, 4) is 0 Å². The molecule has 1 aliphatic rings. The number of nitrogens with zero attached hydrogens (tertiary/aromatic N) is 2. The van der Waals surface area contributed by atoms with Crippen LogP contribution in [0, 0.1) is 0 Å². The highest BCUT2D eigenvalue weighted by Crippen LogP contribution is 2.36. The highest BCUT2D eigenvalue weighted by Gasteiger charge is 2.51. The molecular weight excluding hydrogens is 379 g/mol. The minimum Gasteiger partial charge on any atom is -0.399 e. The van der Waals surface area contributed by atoms with E-state index in [-0.39, 0.29) is 11.2 Å². The summed E-state index contributed by atoms with van der Waals surface area (Å²) in [6.07, 6.45) is 1.84. The second-order valence-electron chi connectivity index (χ2n) is 7.50. The molecule has 0 unspecified atom stereocenters. The first-order valence-electron chi connectivity index (χ1n) is 8.46. The molecule has 0 saturated carbocycles. The van der Waals surface area contributed by atoms with Gasteiger partial charge in [0.05, 0.1) is 15.7 Å². The van der Waals surface area contributed by atoms with Crippen molar-refractivity contribution >= 4 is 34.3 Å². The maximum atomic E-state index is 6.10. The second kappa shape index (κ2) is 6.74. The standard InChI is InChI=1S/C19H24BBrN2O2/c1-18(2)19(3,4)25-20(24-18)15-11-16(21)17(22-12-15)23(5)13-14-9-7-6-8-10-14/h6-12H,13H2,1-5H3. The fourth-order valence-corrected chi connectivity index (χ4v) is 3.44. The van der Waals surface area contributed by atoms with Crippen molar-refractivity contribution in [1.82, 2.24) is 4.98 Å². The molecule has 0 aliphatic carbocycles. The lowest BCUT2D eigenvalue weighted by Gasteiger charge is -2.32. The van der Waals surface area contributed by atoms with E-state index in [1.165, 1.54) is 5.56 Å². The van der Waals surface area contributed by atoms with E-state index in [0.717, 1.165) is 22.3 Å². The third-order valence-electron chi connectivity index (χ3n) is 4.99. The number of hydrogen-bond acceptors (Lipinski definition) is 4. The van der Waals surface area contributed by atoms with E-state index in [0.29, 0.717) is 0 Å². The average molecular weight is 403 g/mol. The van der Waals surface area contributed by atoms with Crippen molar-refractivity contribution < 1.29 is 9.31 Å². The van der Waals surface area contributed by atoms with Crippen molar-refractivity contribution in [2.24, 2.45) is 0 Å². The molecule has 1 aromatic heterocycles. The van der Waals surface area contributed by atoms with E-state index in [2.05, 4.69) is 65.6 Å². The third kappa shape index (κ3) is 3.76. The summed E-state index contributed by atoms with van der Waals surface area (Å²) in [5, 5.41) is 0. The molecule has 6 heteroatoms. The Morgan fingerprint density at radius 3 is 2.24 bits per heavy atom. The SMILES string of the molecule is CN(Cc1ccccc1)c1ncc(B2OC(C)(C)C(C)(C)O2)cc1Br. The molecule has 4 nitrogen and oxygen atoms in total. The normalized spacial score (nSPS) is 18.4. The molecule has 0 radical (unpaired) electrons. The molecule has 0 spiro atoms. The van der Waals surface area contributed by atoms with Gasteiger partial charge >= 0.3 is 7.12 Å². The Balaban J connectivity index is 1.78. The van der Waals surface area contributed by atoms with Gasteiger partial charge in [0.25, 0.3) is 0 Å². The lowest BCUT2D eigenvalue weighted by atomic mass is 9.80. The quantitative estimate of drug-likeness (QED) is 0.729. The first kappa shape index (κ1) is 18.4. The van der Waals surface area contributed by atoms with E-state index >= 15 is 0 Å². The zero-order valence-corrected chi connectivity index (χ0v) is 17.0. The summed E-state index contributed by atoms with van der Waals surface area (Å²) in [6.45, 7) is 9.01. The summed E-state index contributed by atoms with van der Waals surface area (Å²) >= 11 is 3.65. The van der Waals surface area contributed by atoms with Gasteiger partial charge in [-0.3, -0.25) is 0 Å². The molecule has 25 heavy (non-hydrogen) atoms. The second-order valence-corrected chi connectivity index (χ2v) is 8.36. The minimum atomic E-state index is -0.401. The Morgan fingerprint density at radius 2 is 1.68 bits per heavy atom. The fraction of sp³-hybridized carbons (Fsp3) is 0.421. The molecule has 0 amide bonds. The summed E-state index contributed by atoms with van der Waals surface area (Å²) in [5.41, 5.74) is 1.45. The van der Waals surface area contributed by atoms with Gasteiger partial charge in [0.2, 0.25) is 0 Å². The van der Waals surface area contributed by atoms with Crippen molar-refractivity contribution in [2.45, 2.75) is 45.4 Å². The van der Waals surface area contributed by atoms with Crippen LogP contribution in [0.25, 0.3) is 0 Å². The molecule has 0 atom stereocenters. The molecular formula is C19H24BBrN2O2. The number of anilines is 1. The third-order valence-corrected chi connectivity index (χ3v) is 5.58. The maximum absolute atomic E-state index is 6.10. The number of aromatic nitrogens is 1. The number of pyridine rings is 1. The zero-order chi connectivity index (χ0) is 18.2. The largest absolute Gasteiger partial charge is 0.496 e. The molecule has 132 valence electrons. The van der Waals surface area contributed by atoms with Crippen LogP contribution >= 0.6 is 15.9 Å². The van der Waals surface area contributed by atoms with Crippen molar-refractivity contribution in [3.05, 3.63) is 52.6 Å². The molecule has 2 aromatic rings.